The summed E-state index contributed by atoms with van der Waals surface area (Å²) in [5.74, 6) is -0.0702. The Hall–Kier alpha value is -2.20. The van der Waals surface area contributed by atoms with Crippen LogP contribution in [0.1, 0.15) is 15.9 Å². The molecule has 0 spiro atoms. The highest BCUT2D eigenvalue weighted by molar-refractivity contribution is 7.99. The fourth-order valence-corrected chi connectivity index (χ4v) is 3.13. The molecule has 0 aliphatic rings. The highest BCUT2D eigenvalue weighted by Gasteiger charge is 2.09. The minimum Gasteiger partial charge on any atom is -0.360 e. The van der Waals surface area contributed by atoms with Crippen LogP contribution in [0.4, 0.5) is 0 Å². The molecule has 3 rings (SSSR count). The number of nitrogens with one attached hydrogen (secondary N) is 2. The summed E-state index contributed by atoms with van der Waals surface area (Å²) >= 11 is 1.72. The Morgan fingerprint density at radius 3 is 2.62 bits per heavy atom. The molecule has 0 saturated heterocycles. The molecule has 0 unspecified atom stereocenters. The van der Waals surface area contributed by atoms with Crippen LogP contribution in [-0.4, -0.2) is 17.9 Å². The molecular formula is C17H16N2OS. The molecule has 1 heterocycles. The number of carbonyl (C=O) groups excluding carboxylic acids is 1. The van der Waals surface area contributed by atoms with Gasteiger partial charge in [0.05, 0.1) is 0 Å². The third-order valence-corrected chi connectivity index (χ3v) is 4.45. The lowest BCUT2D eigenvalue weighted by molar-refractivity contribution is 0.0963. The fraction of sp³-hybridized carbons (Fsp3) is 0.118. The average molecular weight is 296 g/mol. The molecule has 0 radical (unpaired) electrons. The quantitative estimate of drug-likeness (QED) is 0.767. The Bertz CT molecular complexity index is 790. The Morgan fingerprint density at radius 2 is 1.90 bits per heavy atom. The minimum atomic E-state index is -0.0702. The van der Waals surface area contributed by atoms with Crippen molar-refractivity contribution in [3.8, 4) is 0 Å². The van der Waals surface area contributed by atoms with Crippen molar-refractivity contribution in [2.75, 3.05) is 7.05 Å². The van der Waals surface area contributed by atoms with E-state index in [0.717, 1.165) is 15.8 Å². The molecule has 2 aromatic carbocycles. The smallest absolute Gasteiger partial charge is 0.251 e. The van der Waals surface area contributed by atoms with Crippen LogP contribution >= 0.6 is 11.8 Å². The van der Waals surface area contributed by atoms with Gasteiger partial charge in [0.2, 0.25) is 0 Å². The third kappa shape index (κ3) is 2.81. The number of rotatable bonds is 3. The predicted octanol–water partition coefficient (Wildman–Crippen LogP) is 3.99. The van der Waals surface area contributed by atoms with Gasteiger partial charge in [-0.05, 0) is 31.2 Å². The largest absolute Gasteiger partial charge is 0.360 e. The molecule has 21 heavy (non-hydrogen) atoms. The number of benzene rings is 2. The van der Waals surface area contributed by atoms with Gasteiger partial charge in [-0.1, -0.05) is 35.5 Å². The van der Waals surface area contributed by atoms with Crippen molar-refractivity contribution in [1.82, 2.24) is 10.3 Å². The van der Waals surface area contributed by atoms with Crippen molar-refractivity contribution >= 4 is 28.6 Å². The first kappa shape index (κ1) is 13.8. The molecular weight excluding hydrogens is 280 g/mol. The maximum absolute atomic E-state index is 11.7. The van der Waals surface area contributed by atoms with Crippen LogP contribution in [0.3, 0.4) is 0 Å². The summed E-state index contributed by atoms with van der Waals surface area (Å²) in [4.78, 5) is 17.3. The van der Waals surface area contributed by atoms with E-state index in [2.05, 4.69) is 41.5 Å². The van der Waals surface area contributed by atoms with E-state index < -0.39 is 0 Å². The molecule has 3 nitrogen and oxygen atoms in total. The number of amides is 1. The lowest BCUT2D eigenvalue weighted by Crippen LogP contribution is -2.17. The standard InChI is InChI=1S/C17H16N2OS/c1-11-3-6-13(7-4-11)21-16-10-19-15-9-12(17(20)18-2)5-8-14(15)16/h3-10,19H,1-2H3,(H,18,20). The van der Waals surface area contributed by atoms with Crippen molar-refractivity contribution in [1.29, 1.82) is 0 Å². The molecule has 106 valence electrons. The molecule has 1 aromatic heterocycles. The van der Waals surface area contributed by atoms with Crippen molar-refractivity contribution < 1.29 is 4.79 Å². The summed E-state index contributed by atoms with van der Waals surface area (Å²) in [5.41, 5.74) is 2.90. The third-order valence-electron chi connectivity index (χ3n) is 3.38. The Labute approximate surface area is 127 Å². The number of hydrogen-bond donors (Lipinski definition) is 2. The molecule has 0 atom stereocenters. The topological polar surface area (TPSA) is 44.9 Å². The van der Waals surface area contributed by atoms with Crippen molar-refractivity contribution in [2.45, 2.75) is 16.7 Å². The number of aromatic nitrogens is 1. The van der Waals surface area contributed by atoms with Crippen LogP contribution in [0, 0.1) is 6.92 Å². The van der Waals surface area contributed by atoms with Gasteiger partial charge in [-0.2, -0.15) is 0 Å². The number of aromatic amines is 1. The van der Waals surface area contributed by atoms with E-state index in [1.54, 1.807) is 18.8 Å². The number of hydrogen-bond acceptors (Lipinski definition) is 2. The second-order valence-electron chi connectivity index (χ2n) is 4.91. The van der Waals surface area contributed by atoms with E-state index in [-0.39, 0.29) is 5.91 Å². The first-order chi connectivity index (χ1) is 10.2. The van der Waals surface area contributed by atoms with Gasteiger partial charge in [0, 0.05) is 39.5 Å². The molecule has 0 aliphatic heterocycles. The highest BCUT2D eigenvalue weighted by Crippen LogP contribution is 2.33. The Kier molecular flexibility index (Phi) is 3.71. The first-order valence-electron chi connectivity index (χ1n) is 6.75. The lowest BCUT2D eigenvalue weighted by Gasteiger charge is -2.02. The summed E-state index contributed by atoms with van der Waals surface area (Å²) in [6, 6.07) is 14.2. The molecule has 4 heteroatoms. The zero-order valence-corrected chi connectivity index (χ0v) is 12.8. The summed E-state index contributed by atoms with van der Waals surface area (Å²) in [5, 5.41) is 3.77. The van der Waals surface area contributed by atoms with Gasteiger partial charge < -0.3 is 10.3 Å². The monoisotopic (exact) mass is 296 g/mol. The van der Waals surface area contributed by atoms with E-state index in [9.17, 15) is 4.79 Å². The van der Waals surface area contributed by atoms with Gasteiger partial charge in [0.1, 0.15) is 0 Å². The van der Waals surface area contributed by atoms with Gasteiger partial charge in [-0.15, -0.1) is 0 Å². The van der Waals surface area contributed by atoms with Gasteiger partial charge in [-0.3, -0.25) is 4.79 Å². The summed E-state index contributed by atoms with van der Waals surface area (Å²) in [6.45, 7) is 2.08. The van der Waals surface area contributed by atoms with Gasteiger partial charge in [0.15, 0.2) is 0 Å². The molecule has 3 aromatic rings. The average Bonchev–Trinajstić information content (AvgIpc) is 2.91. The highest BCUT2D eigenvalue weighted by atomic mass is 32.2. The Balaban J connectivity index is 1.93. The number of carbonyl (C=O) groups is 1. The first-order valence-corrected chi connectivity index (χ1v) is 7.57. The van der Waals surface area contributed by atoms with Crippen LogP contribution in [0.2, 0.25) is 0 Å². The summed E-state index contributed by atoms with van der Waals surface area (Å²) in [7, 11) is 1.64. The minimum absolute atomic E-state index is 0.0702. The molecule has 0 saturated carbocycles. The van der Waals surface area contributed by atoms with Crippen LogP contribution in [0.15, 0.2) is 58.5 Å². The van der Waals surface area contributed by atoms with Crippen LogP contribution in [0.25, 0.3) is 10.9 Å². The Morgan fingerprint density at radius 1 is 1.14 bits per heavy atom. The van der Waals surface area contributed by atoms with E-state index in [0.29, 0.717) is 5.56 Å². The number of aryl methyl sites for hydroxylation is 1. The maximum atomic E-state index is 11.7. The number of H-pyrrole nitrogens is 1. The van der Waals surface area contributed by atoms with E-state index in [1.807, 2.05) is 24.4 Å². The molecule has 2 N–H and O–H groups in total. The summed E-state index contributed by atoms with van der Waals surface area (Å²) < 4.78 is 0. The molecule has 0 bridgehead atoms. The fourth-order valence-electron chi connectivity index (χ4n) is 2.20. The number of fused-ring (bicyclic) bond motifs is 1. The van der Waals surface area contributed by atoms with Crippen LogP contribution in [-0.2, 0) is 0 Å². The van der Waals surface area contributed by atoms with E-state index >= 15 is 0 Å². The normalized spacial score (nSPS) is 10.8. The SMILES string of the molecule is CNC(=O)c1ccc2c(Sc3ccc(C)cc3)c[nH]c2c1. The zero-order valence-electron chi connectivity index (χ0n) is 11.9. The van der Waals surface area contributed by atoms with Crippen molar-refractivity contribution in [3.05, 3.63) is 59.8 Å². The van der Waals surface area contributed by atoms with E-state index in [1.165, 1.54) is 10.5 Å². The van der Waals surface area contributed by atoms with Crippen molar-refractivity contribution in [3.63, 3.8) is 0 Å². The molecule has 0 fully saturated rings. The summed E-state index contributed by atoms with van der Waals surface area (Å²) in [6.07, 6.45) is 1.99. The molecule has 0 aliphatic carbocycles. The second kappa shape index (κ2) is 5.66. The van der Waals surface area contributed by atoms with Crippen molar-refractivity contribution in [2.24, 2.45) is 0 Å². The van der Waals surface area contributed by atoms with Gasteiger partial charge >= 0.3 is 0 Å². The van der Waals surface area contributed by atoms with Crippen LogP contribution < -0.4 is 5.32 Å². The maximum Gasteiger partial charge on any atom is 0.251 e. The molecule has 1 amide bonds. The van der Waals surface area contributed by atoms with Gasteiger partial charge in [-0.25, -0.2) is 0 Å². The second-order valence-corrected chi connectivity index (χ2v) is 6.02. The predicted molar refractivity (Wildman–Crippen MR) is 87.0 cm³/mol. The van der Waals surface area contributed by atoms with E-state index in [4.69, 9.17) is 0 Å². The zero-order chi connectivity index (χ0) is 14.8. The van der Waals surface area contributed by atoms with Crippen LogP contribution in [0.5, 0.6) is 0 Å². The lowest BCUT2D eigenvalue weighted by atomic mass is 10.1. The van der Waals surface area contributed by atoms with Gasteiger partial charge in [0.25, 0.3) is 5.91 Å².